The van der Waals surface area contributed by atoms with Gasteiger partial charge in [-0.1, -0.05) is 11.6 Å². The number of benzene rings is 1. The summed E-state index contributed by atoms with van der Waals surface area (Å²) in [6.45, 7) is 3.36. The molecule has 1 heterocycles. The summed E-state index contributed by atoms with van der Waals surface area (Å²) in [4.78, 5) is 0.215. The molecule has 0 amide bonds. The van der Waals surface area contributed by atoms with E-state index in [1.54, 1.807) is 6.07 Å². The number of hydrogen-bond donors (Lipinski definition) is 2. The van der Waals surface area contributed by atoms with Crippen LogP contribution in [0, 0.1) is 0 Å². The van der Waals surface area contributed by atoms with Gasteiger partial charge < -0.3 is 5.32 Å². The molecule has 2 N–H and O–H groups in total. The van der Waals surface area contributed by atoms with Gasteiger partial charge in [0.05, 0.1) is 9.92 Å². The normalized spacial score (nSPS) is 24.4. The van der Waals surface area contributed by atoms with Crippen LogP contribution in [-0.2, 0) is 10.0 Å². The molecular weight excluding hydrogens is 340 g/mol. The minimum absolute atomic E-state index is 0.215. The van der Waals surface area contributed by atoms with Crippen LogP contribution in [0.4, 0.5) is 0 Å². The second-order valence-corrected chi connectivity index (χ2v) is 7.61. The van der Waals surface area contributed by atoms with E-state index in [0.29, 0.717) is 16.0 Å². The first-order chi connectivity index (χ1) is 8.32. The van der Waals surface area contributed by atoms with Gasteiger partial charge in [0.2, 0.25) is 10.0 Å². The van der Waals surface area contributed by atoms with Gasteiger partial charge in [-0.3, -0.25) is 0 Å². The summed E-state index contributed by atoms with van der Waals surface area (Å²) in [5, 5.41) is 3.64. The summed E-state index contributed by atoms with van der Waals surface area (Å²) in [7, 11) is -3.52. The Labute approximate surface area is 120 Å². The van der Waals surface area contributed by atoms with E-state index in [-0.39, 0.29) is 4.90 Å². The van der Waals surface area contributed by atoms with Crippen LogP contribution in [0.1, 0.15) is 13.3 Å². The molecule has 2 rings (SSSR count). The highest BCUT2D eigenvalue weighted by Crippen LogP contribution is 2.26. The summed E-state index contributed by atoms with van der Waals surface area (Å²) in [6, 6.07) is 4.58. The molecule has 0 bridgehead atoms. The van der Waals surface area contributed by atoms with E-state index >= 15 is 0 Å². The number of sulfonamides is 1. The first-order valence-electron chi connectivity index (χ1n) is 5.52. The quantitative estimate of drug-likeness (QED) is 0.875. The van der Waals surface area contributed by atoms with Gasteiger partial charge in [-0.15, -0.1) is 0 Å². The molecule has 1 aromatic carbocycles. The molecule has 1 atom stereocenters. The summed E-state index contributed by atoms with van der Waals surface area (Å²) in [6.07, 6.45) is 0.779. The zero-order valence-electron chi connectivity index (χ0n) is 9.83. The maximum atomic E-state index is 12.3. The van der Waals surface area contributed by atoms with Crippen LogP contribution in [-0.4, -0.2) is 27.0 Å². The molecule has 4 nitrogen and oxygen atoms in total. The zero-order valence-corrected chi connectivity index (χ0v) is 13.0. The van der Waals surface area contributed by atoms with Crippen LogP contribution in [0.5, 0.6) is 0 Å². The molecule has 7 heteroatoms. The molecule has 18 heavy (non-hydrogen) atoms. The van der Waals surface area contributed by atoms with Crippen LogP contribution in [0.2, 0.25) is 5.02 Å². The average Bonchev–Trinajstić information content (AvgIpc) is 2.67. The molecule has 1 unspecified atom stereocenters. The van der Waals surface area contributed by atoms with Crippen molar-refractivity contribution in [2.24, 2.45) is 0 Å². The molecule has 0 radical (unpaired) electrons. The third-order valence-electron chi connectivity index (χ3n) is 2.95. The van der Waals surface area contributed by atoms with E-state index in [9.17, 15) is 8.42 Å². The molecule has 1 aliphatic rings. The largest absolute Gasteiger partial charge is 0.315 e. The lowest BCUT2D eigenvalue weighted by Crippen LogP contribution is -2.47. The fourth-order valence-corrected chi connectivity index (χ4v) is 4.04. The van der Waals surface area contributed by atoms with Gasteiger partial charge in [-0.05, 0) is 54.0 Å². The average molecular weight is 354 g/mol. The molecule has 0 saturated carbocycles. The number of nitrogens with one attached hydrogen (secondary N) is 2. The number of hydrogen-bond acceptors (Lipinski definition) is 3. The Balaban J connectivity index is 2.27. The first kappa shape index (κ1) is 14.3. The molecule has 1 aliphatic heterocycles. The third kappa shape index (κ3) is 3.05. The Bertz CT molecular complexity index is 556. The molecular formula is C11H14BrClN2O2S. The van der Waals surface area contributed by atoms with Gasteiger partial charge >= 0.3 is 0 Å². The van der Waals surface area contributed by atoms with Crippen molar-refractivity contribution in [2.45, 2.75) is 23.8 Å². The SMILES string of the molecule is CC1(NS(=O)(=O)c2ccc(Cl)c(Br)c2)CCNC1. The molecule has 1 fully saturated rings. The second-order valence-electron chi connectivity index (χ2n) is 4.67. The summed E-state index contributed by atoms with van der Waals surface area (Å²) < 4.78 is 27.8. The van der Waals surface area contributed by atoms with Gasteiger partial charge in [0.1, 0.15) is 0 Å². The fraction of sp³-hybridized carbons (Fsp3) is 0.455. The molecule has 0 spiro atoms. The van der Waals surface area contributed by atoms with Gasteiger partial charge in [0, 0.05) is 16.6 Å². The molecule has 1 saturated heterocycles. The van der Waals surface area contributed by atoms with Crippen molar-refractivity contribution in [1.29, 1.82) is 0 Å². The molecule has 1 aromatic rings. The maximum Gasteiger partial charge on any atom is 0.241 e. The van der Waals surface area contributed by atoms with Crippen LogP contribution in [0.25, 0.3) is 0 Å². The Hall–Kier alpha value is -0.140. The molecule has 100 valence electrons. The van der Waals surface area contributed by atoms with Crippen LogP contribution >= 0.6 is 27.5 Å². The van der Waals surface area contributed by atoms with Crippen LogP contribution in [0.3, 0.4) is 0 Å². The lowest BCUT2D eigenvalue weighted by atomic mass is 10.0. The lowest BCUT2D eigenvalue weighted by molar-refractivity contribution is 0.452. The van der Waals surface area contributed by atoms with Crippen molar-refractivity contribution in [3.63, 3.8) is 0 Å². The number of rotatable bonds is 3. The van der Waals surface area contributed by atoms with Crippen molar-refractivity contribution in [3.8, 4) is 0 Å². The zero-order chi connectivity index (χ0) is 13.4. The predicted octanol–water partition coefficient (Wildman–Crippen LogP) is 2.13. The van der Waals surface area contributed by atoms with Crippen molar-refractivity contribution in [2.75, 3.05) is 13.1 Å². The predicted molar refractivity (Wildman–Crippen MR) is 75.4 cm³/mol. The Morgan fingerprint density at radius 2 is 2.22 bits per heavy atom. The Morgan fingerprint density at radius 3 is 2.78 bits per heavy atom. The van der Waals surface area contributed by atoms with Crippen LogP contribution in [0.15, 0.2) is 27.6 Å². The van der Waals surface area contributed by atoms with Gasteiger partial charge in [0.15, 0.2) is 0 Å². The second kappa shape index (κ2) is 5.09. The smallest absolute Gasteiger partial charge is 0.241 e. The molecule has 0 aliphatic carbocycles. The van der Waals surface area contributed by atoms with E-state index in [1.165, 1.54) is 12.1 Å². The summed E-state index contributed by atoms with van der Waals surface area (Å²) in [5.74, 6) is 0. The van der Waals surface area contributed by atoms with Gasteiger partial charge in [-0.25, -0.2) is 13.1 Å². The Morgan fingerprint density at radius 1 is 1.50 bits per heavy atom. The topological polar surface area (TPSA) is 58.2 Å². The van der Waals surface area contributed by atoms with Crippen molar-refractivity contribution in [1.82, 2.24) is 10.0 Å². The standard InChI is InChI=1S/C11H14BrClN2O2S/c1-11(4-5-14-7-11)15-18(16,17)8-2-3-10(13)9(12)6-8/h2-3,6,14-15H,4-5,7H2,1H3. The van der Waals surface area contributed by atoms with Gasteiger partial charge in [-0.2, -0.15) is 0 Å². The van der Waals surface area contributed by atoms with E-state index in [0.717, 1.165) is 13.0 Å². The van der Waals surface area contributed by atoms with Crippen molar-refractivity contribution < 1.29 is 8.42 Å². The third-order valence-corrected chi connectivity index (χ3v) is 5.80. The number of halogens is 2. The summed E-state index contributed by atoms with van der Waals surface area (Å²) in [5.41, 5.74) is -0.426. The van der Waals surface area contributed by atoms with Crippen molar-refractivity contribution in [3.05, 3.63) is 27.7 Å². The van der Waals surface area contributed by atoms with E-state index < -0.39 is 15.6 Å². The van der Waals surface area contributed by atoms with E-state index in [2.05, 4.69) is 26.0 Å². The minimum Gasteiger partial charge on any atom is -0.315 e. The monoisotopic (exact) mass is 352 g/mol. The highest BCUT2D eigenvalue weighted by molar-refractivity contribution is 9.10. The molecule has 0 aromatic heterocycles. The minimum atomic E-state index is -3.52. The maximum absolute atomic E-state index is 12.3. The van der Waals surface area contributed by atoms with Crippen LogP contribution < -0.4 is 10.0 Å². The van der Waals surface area contributed by atoms with E-state index in [1.807, 2.05) is 6.92 Å². The van der Waals surface area contributed by atoms with Gasteiger partial charge in [0.25, 0.3) is 0 Å². The lowest BCUT2D eigenvalue weighted by Gasteiger charge is -2.24. The van der Waals surface area contributed by atoms with E-state index in [4.69, 9.17) is 11.6 Å². The fourth-order valence-electron chi connectivity index (χ4n) is 1.93. The Kier molecular flexibility index (Phi) is 4.04. The first-order valence-corrected chi connectivity index (χ1v) is 8.18. The highest BCUT2D eigenvalue weighted by Gasteiger charge is 2.33. The van der Waals surface area contributed by atoms with Crippen molar-refractivity contribution >= 4 is 37.6 Å². The highest BCUT2D eigenvalue weighted by atomic mass is 79.9. The summed E-state index contributed by atoms with van der Waals surface area (Å²) >= 11 is 9.08.